The number of thiocarbonyl (C=S) groups is 1. The van der Waals surface area contributed by atoms with Gasteiger partial charge in [0.1, 0.15) is 0 Å². The Morgan fingerprint density at radius 2 is 2.07 bits per heavy atom. The van der Waals surface area contributed by atoms with Crippen LogP contribution >= 0.6 is 35.2 Å². The van der Waals surface area contributed by atoms with E-state index in [-0.39, 0.29) is 5.69 Å². The van der Waals surface area contributed by atoms with Crippen molar-refractivity contribution in [3.8, 4) is 11.3 Å². The summed E-state index contributed by atoms with van der Waals surface area (Å²) >= 11 is 12.6. The highest BCUT2D eigenvalue weighted by atomic mass is 35.5. The fourth-order valence-electron chi connectivity index (χ4n) is 2.40. The molecular formula is C18H15ClN4O2S2. The van der Waals surface area contributed by atoms with E-state index in [0.29, 0.717) is 33.1 Å². The molecule has 0 aliphatic heterocycles. The number of nitrogens with one attached hydrogen (secondary N) is 2. The van der Waals surface area contributed by atoms with Gasteiger partial charge in [0, 0.05) is 34.6 Å². The number of thiazole rings is 1. The third kappa shape index (κ3) is 5.46. The first kappa shape index (κ1) is 19.2. The zero-order chi connectivity index (χ0) is 19.2. The first-order valence-electron chi connectivity index (χ1n) is 8.01. The topological polar surface area (TPSA) is 80.1 Å². The van der Waals surface area contributed by atoms with Gasteiger partial charge in [-0.05, 0) is 36.3 Å². The van der Waals surface area contributed by atoms with E-state index in [4.69, 9.17) is 23.8 Å². The lowest BCUT2D eigenvalue weighted by Crippen LogP contribution is -2.30. The summed E-state index contributed by atoms with van der Waals surface area (Å²) in [5, 5.41) is 20.7. The standard InChI is InChI=1S/C18H15ClN4O2S2/c19-14-5-1-3-12(9-14)7-8-20-17(26)22-18-21-16(11-27-18)13-4-2-6-15(10-13)23(24)25/h1-6,9-11H,7-8H2,(H2,20,21,22,26). The number of nitrogens with zero attached hydrogens (tertiary/aromatic N) is 2. The average molecular weight is 419 g/mol. The van der Waals surface area contributed by atoms with Crippen molar-refractivity contribution in [3.05, 3.63) is 74.6 Å². The number of aromatic nitrogens is 1. The summed E-state index contributed by atoms with van der Waals surface area (Å²) in [6.07, 6.45) is 0.791. The molecule has 6 nitrogen and oxygen atoms in total. The molecule has 27 heavy (non-hydrogen) atoms. The molecule has 2 aromatic carbocycles. The summed E-state index contributed by atoms with van der Waals surface area (Å²) in [5.74, 6) is 0. The van der Waals surface area contributed by atoms with Gasteiger partial charge in [-0.3, -0.25) is 10.1 Å². The molecule has 0 saturated heterocycles. The van der Waals surface area contributed by atoms with Crippen molar-refractivity contribution in [1.82, 2.24) is 10.3 Å². The number of rotatable bonds is 6. The van der Waals surface area contributed by atoms with Crippen LogP contribution in [0.15, 0.2) is 53.9 Å². The predicted molar refractivity (Wildman–Crippen MR) is 114 cm³/mol. The highest BCUT2D eigenvalue weighted by Gasteiger charge is 2.10. The fraction of sp³-hybridized carbons (Fsp3) is 0.111. The van der Waals surface area contributed by atoms with Gasteiger partial charge in [-0.25, -0.2) is 4.98 Å². The maximum Gasteiger partial charge on any atom is 0.270 e. The molecule has 2 N–H and O–H groups in total. The highest BCUT2D eigenvalue weighted by molar-refractivity contribution is 7.80. The second-order valence-corrected chi connectivity index (χ2v) is 7.31. The van der Waals surface area contributed by atoms with Crippen molar-refractivity contribution >= 4 is 51.1 Å². The molecule has 138 valence electrons. The van der Waals surface area contributed by atoms with E-state index in [1.54, 1.807) is 12.1 Å². The maximum atomic E-state index is 10.9. The number of hydrogen-bond acceptors (Lipinski definition) is 5. The smallest absolute Gasteiger partial charge is 0.270 e. The number of hydrogen-bond donors (Lipinski definition) is 2. The Morgan fingerprint density at radius 1 is 1.26 bits per heavy atom. The number of non-ortho nitro benzene ring substituents is 1. The second-order valence-electron chi connectivity index (χ2n) is 5.61. The summed E-state index contributed by atoms with van der Waals surface area (Å²) in [5.41, 5.74) is 2.51. The number of anilines is 1. The van der Waals surface area contributed by atoms with Crippen LogP contribution < -0.4 is 10.6 Å². The number of nitro benzene ring substituents is 1. The number of nitro groups is 1. The molecule has 0 bridgehead atoms. The van der Waals surface area contributed by atoms with Gasteiger partial charge in [0.25, 0.3) is 5.69 Å². The fourth-order valence-corrected chi connectivity index (χ4v) is 3.60. The summed E-state index contributed by atoms with van der Waals surface area (Å²) in [7, 11) is 0. The molecule has 0 atom stereocenters. The molecule has 0 spiro atoms. The first-order valence-corrected chi connectivity index (χ1v) is 9.67. The van der Waals surface area contributed by atoms with Crippen LogP contribution in [-0.2, 0) is 6.42 Å². The van der Waals surface area contributed by atoms with E-state index in [9.17, 15) is 10.1 Å². The van der Waals surface area contributed by atoms with Gasteiger partial charge in [0.2, 0.25) is 0 Å². The monoisotopic (exact) mass is 418 g/mol. The van der Waals surface area contributed by atoms with Crippen LogP contribution in [-0.4, -0.2) is 21.6 Å². The van der Waals surface area contributed by atoms with Gasteiger partial charge in [0.15, 0.2) is 10.2 Å². The zero-order valence-corrected chi connectivity index (χ0v) is 16.4. The van der Waals surface area contributed by atoms with Crippen LogP contribution in [0.5, 0.6) is 0 Å². The minimum Gasteiger partial charge on any atom is -0.362 e. The Hall–Kier alpha value is -2.55. The molecule has 1 aromatic heterocycles. The maximum absolute atomic E-state index is 10.9. The largest absolute Gasteiger partial charge is 0.362 e. The molecule has 0 saturated carbocycles. The van der Waals surface area contributed by atoms with Gasteiger partial charge in [0.05, 0.1) is 10.6 Å². The minimum absolute atomic E-state index is 0.0354. The lowest BCUT2D eigenvalue weighted by Gasteiger charge is -2.08. The predicted octanol–water partition coefficient (Wildman–Crippen LogP) is 4.90. The summed E-state index contributed by atoms with van der Waals surface area (Å²) in [4.78, 5) is 14.9. The molecule has 0 aliphatic carbocycles. The Bertz CT molecular complexity index is 977. The number of benzene rings is 2. The zero-order valence-electron chi connectivity index (χ0n) is 14.0. The van der Waals surface area contributed by atoms with E-state index in [0.717, 1.165) is 12.0 Å². The van der Waals surface area contributed by atoms with E-state index in [1.807, 2.05) is 29.6 Å². The van der Waals surface area contributed by atoms with Crippen LogP contribution in [0.4, 0.5) is 10.8 Å². The molecular weight excluding hydrogens is 404 g/mol. The molecule has 0 radical (unpaired) electrons. The highest BCUT2D eigenvalue weighted by Crippen LogP contribution is 2.27. The molecule has 0 amide bonds. The van der Waals surface area contributed by atoms with Crippen molar-refractivity contribution < 1.29 is 4.92 Å². The third-order valence-electron chi connectivity index (χ3n) is 3.67. The Labute approximate surface area is 170 Å². The first-order chi connectivity index (χ1) is 13.0. The van der Waals surface area contributed by atoms with Crippen LogP contribution in [0.25, 0.3) is 11.3 Å². The molecule has 0 fully saturated rings. The van der Waals surface area contributed by atoms with E-state index in [2.05, 4.69) is 15.6 Å². The molecule has 3 rings (SSSR count). The normalized spacial score (nSPS) is 10.4. The van der Waals surface area contributed by atoms with Crippen molar-refractivity contribution in [2.45, 2.75) is 6.42 Å². The minimum atomic E-state index is -0.423. The van der Waals surface area contributed by atoms with Gasteiger partial charge in [-0.2, -0.15) is 0 Å². The van der Waals surface area contributed by atoms with Gasteiger partial charge >= 0.3 is 0 Å². The van der Waals surface area contributed by atoms with E-state index in [1.165, 1.54) is 23.5 Å². The van der Waals surface area contributed by atoms with Crippen molar-refractivity contribution in [2.24, 2.45) is 0 Å². The lowest BCUT2D eigenvalue weighted by molar-refractivity contribution is -0.384. The molecule has 0 unspecified atom stereocenters. The van der Waals surface area contributed by atoms with Gasteiger partial charge in [-0.1, -0.05) is 35.9 Å². The van der Waals surface area contributed by atoms with E-state index < -0.39 is 4.92 Å². The second kappa shape index (κ2) is 8.90. The SMILES string of the molecule is O=[N+]([O-])c1cccc(-c2csc(NC(=S)NCCc3cccc(Cl)c3)n2)c1. The number of halogens is 1. The Balaban J connectivity index is 1.55. The molecule has 0 aliphatic rings. The van der Waals surface area contributed by atoms with Crippen LogP contribution in [0.1, 0.15) is 5.56 Å². The third-order valence-corrected chi connectivity index (χ3v) is 4.90. The summed E-state index contributed by atoms with van der Waals surface area (Å²) < 4.78 is 0. The van der Waals surface area contributed by atoms with Crippen LogP contribution in [0.3, 0.4) is 0 Å². The lowest BCUT2D eigenvalue weighted by atomic mass is 10.1. The molecule has 1 heterocycles. The Morgan fingerprint density at radius 3 is 2.85 bits per heavy atom. The van der Waals surface area contributed by atoms with E-state index >= 15 is 0 Å². The molecule has 3 aromatic rings. The Kier molecular flexibility index (Phi) is 6.33. The van der Waals surface area contributed by atoms with Gasteiger partial charge < -0.3 is 10.6 Å². The van der Waals surface area contributed by atoms with Crippen LogP contribution in [0.2, 0.25) is 5.02 Å². The average Bonchev–Trinajstić information content (AvgIpc) is 3.10. The van der Waals surface area contributed by atoms with Crippen molar-refractivity contribution in [1.29, 1.82) is 0 Å². The summed E-state index contributed by atoms with van der Waals surface area (Å²) in [6, 6.07) is 14.1. The van der Waals surface area contributed by atoms with Crippen molar-refractivity contribution in [3.63, 3.8) is 0 Å². The van der Waals surface area contributed by atoms with Crippen LogP contribution in [0, 0.1) is 10.1 Å². The van der Waals surface area contributed by atoms with Crippen molar-refractivity contribution in [2.75, 3.05) is 11.9 Å². The molecule has 9 heteroatoms. The van der Waals surface area contributed by atoms with Gasteiger partial charge in [-0.15, -0.1) is 11.3 Å². The summed E-state index contributed by atoms with van der Waals surface area (Å²) in [6.45, 7) is 0.662. The quantitative estimate of drug-likeness (QED) is 0.336.